The number of imide groups is 1. The van der Waals surface area contributed by atoms with E-state index in [9.17, 15) is 14.4 Å². The van der Waals surface area contributed by atoms with Crippen LogP contribution in [-0.4, -0.2) is 59.9 Å². The van der Waals surface area contributed by atoms with E-state index in [0.717, 1.165) is 0 Å². The molecular formula is C25H26FN3O5. The van der Waals surface area contributed by atoms with Gasteiger partial charge < -0.3 is 14.4 Å². The molecule has 9 heteroatoms. The summed E-state index contributed by atoms with van der Waals surface area (Å²) in [4.78, 5) is 40.4. The number of morpholine rings is 1. The fourth-order valence-corrected chi connectivity index (χ4v) is 4.51. The molecule has 0 saturated carbocycles. The van der Waals surface area contributed by atoms with Gasteiger partial charge in [-0.05, 0) is 18.5 Å². The standard InChI is InChI=1S/C25H26FN3O5/c26-23-16(13-28-9-11-33-12-10-28)3-1-4-17(23)15-34-21-6-2-5-18-19(21)14-29(25(18)32)20-7-8-22(30)27-24(20)31/h1-6,20H,7-15H2,(H,27,30,31)/i2D,5D,6D. The van der Waals surface area contributed by atoms with Crippen LogP contribution in [0.25, 0.3) is 0 Å². The third kappa shape index (κ3) is 4.41. The van der Waals surface area contributed by atoms with Crippen LogP contribution >= 0.6 is 0 Å². The average molecular weight is 471 g/mol. The van der Waals surface area contributed by atoms with Crippen LogP contribution in [0.5, 0.6) is 5.75 Å². The minimum atomic E-state index is -0.914. The number of piperidine rings is 1. The van der Waals surface area contributed by atoms with Gasteiger partial charge in [0.1, 0.15) is 24.2 Å². The van der Waals surface area contributed by atoms with Gasteiger partial charge in [-0.15, -0.1) is 0 Å². The van der Waals surface area contributed by atoms with E-state index in [1.807, 2.05) is 0 Å². The van der Waals surface area contributed by atoms with E-state index in [-0.39, 0.29) is 54.5 Å². The zero-order valence-electron chi connectivity index (χ0n) is 21.5. The monoisotopic (exact) mass is 470 g/mol. The van der Waals surface area contributed by atoms with E-state index in [2.05, 4.69) is 10.2 Å². The van der Waals surface area contributed by atoms with E-state index in [4.69, 9.17) is 13.6 Å². The van der Waals surface area contributed by atoms with Crippen LogP contribution in [-0.2, 0) is 34.0 Å². The summed E-state index contributed by atoms with van der Waals surface area (Å²) in [5.41, 5.74) is 0.862. The Bertz CT molecular complexity index is 1280. The highest BCUT2D eigenvalue weighted by Gasteiger charge is 2.40. The number of hydrogen-bond donors (Lipinski definition) is 1. The van der Waals surface area contributed by atoms with Crippen LogP contribution in [0.15, 0.2) is 36.3 Å². The summed E-state index contributed by atoms with van der Waals surface area (Å²) in [5.74, 6) is -2.18. The van der Waals surface area contributed by atoms with Gasteiger partial charge in [-0.1, -0.05) is 24.2 Å². The molecule has 2 saturated heterocycles. The van der Waals surface area contributed by atoms with E-state index in [1.165, 1.54) is 4.90 Å². The Hall–Kier alpha value is -3.30. The molecule has 0 radical (unpaired) electrons. The maximum Gasteiger partial charge on any atom is 0.255 e. The van der Waals surface area contributed by atoms with Crippen molar-refractivity contribution in [3.63, 3.8) is 0 Å². The van der Waals surface area contributed by atoms with Crippen LogP contribution in [0, 0.1) is 5.82 Å². The lowest BCUT2D eigenvalue weighted by molar-refractivity contribution is -0.136. The highest BCUT2D eigenvalue weighted by molar-refractivity contribution is 6.05. The number of nitrogens with one attached hydrogen (secondary N) is 1. The maximum absolute atomic E-state index is 15.3. The van der Waals surface area contributed by atoms with Crippen molar-refractivity contribution in [1.29, 1.82) is 0 Å². The third-order valence-corrected chi connectivity index (χ3v) is 6.36. The summed E-state index contributed by atoms with van der Waals surface area (Å²) in [7, 11) is 0. The summed E-state index contributed by atoms with van der Waals surface area (Å²) >= 11 is 0. The lowest BCUT2D eigenvalue weighted by Gasteiger charge is -2.29. The second kappa shape index (κ2) is 9.52. The van der Waals surface area contributed by atoms with Gasteiger partial charge in [-0.3, -0.25) is 24.6 Å². The number of carbonyl (C=O) groups is 3. The Kier molecular flexibility index (Phi) is 5.33. The molecule has 3 amide bonds. The fraction of sp³-hybridized carbons (Fsp3) is 0.400. The summed E-state index contributed by atoms with van der Waals surface area (Å²) in [6.07, 6.45) is 0.206. The fourth-order valence-electron chi connectivity index (χ4n) is 4.51. The van der Waals surface area contributed by atoms with Gasteiger partial charge in [0, 0.05) is 48.3 Å². The van der Waals surface area contributed by atoms with E-state index in [0.29, 0.717) is 38.4 Å². The van der Waals surface area contributed by atoms with Gasteiger partial charge >= 0.3 is 0 Å². The Morgan fingerprint density at radius 3 is 2.76 bits per heavy atom. The summed E-state index contributed by atoms with van der Waals surface area (Å²) in [5, 5.41) is 2.22. The molecule has 3 aliphatic heterocycles. The first-order chi connectivity index (χ1) is 17.8. The Morgan fingerprint density at radius 2 is 1.97 bits per heavy atom. The highest BCUT2D eigenvalue weighted by Crippen LogP contribution is 2.34. The van der Waals surface area contributed by atoms with Gasteiger partial charge in [0.05, 0.1) is 23.9 Å². The largest absolute Gasteiger partial charge is 0.488 e. The average Bonchev–Trinajstić information content (AvgIpc) is 3.22. The summed E-state index contributed by atoms with van der Waals surface area (Å²) in [6, 6.07) is 2.78. The van der Waals surface area contributed by atoms with Crippen molar-refractivity contribution >= 4 is 17.7 Å². The minimum absolute atomic E-state index is 0.0705. The molecule has 1 N–H and O–H groups in total. The zero-order valence-corrected chi connectivity index (χ0v) is 18.5. The molecular weight excluding hydrogens is 441 g/mol. The van der Waals surface area contributed by atoms with Crippen LogP contribution in [0.4, 0.5) is 4.39 Å². The molecule has 2 aromatic rings. The highest BCUT2D eigenvalue weighted by atomic mass is 19.1. The first-order valence-electron chi connectivity index (χ1n) is 12.7. The van der Waals surface area contributed by atoms with Crippen molar-refractivity contribution in [3.8, 4) is 5.75 Å². The molecule has 0 aromatic heterocycles. The molecule has 178 valence electrons. The molecule has 1 atom stereocenters. The van der Waals surface area contributed by atoms with Gasteiger partial charge in [0.2, 0.25) is 11.8 Å². The van der Waals surface area contributed by atoms with Gasteiger partial charge in [-0.2, -0.15) is 0 Å². The molecule has 2 fully saturated rings. The lowest BCUT2D eigenvalue weighted by atomic mass is 10.0. The molecule has 2 aromatic carbocycles. The third-order valence-electron chi connectivity index (χ3n) is 6.36. The van der Waals surface area contributed by atoms with Gasteiger partial charge in [0.25, 0.3) is 5.91 Å². The van der Waals surface area contributed by atoms with E-state index in [1.54, 1.807) is 18.2 Å². The van der Waals surface area contributed by atoms with Crippen molar-refractivity contribution in [1.82, 2.24) is 15.1 Å². The number of nitrogens with zero attached hydrogens (tertiary/aromatic N) is 2. The van der Waals surface area contributed by atoms with Crippen molar-refractivity contribution in [2.45, 2.75) is 38.6 Å². The predicted molar refractivity (Wildman–Crippen MR) is 119 cm³/mol. The quantitative estimate of drug-likeness (QED) is 0.650. The first-order valence-corrected chi connectivity index (χ1v) is 11.2. The Balaban J connectivity index is 1.40. The number of benzene rings is 2. The zero-order chi connectivity index (χ0) is 26.3. The molecule has 0 bridgehead atoms. The van der Waals surface area contributed by atoms with Crippen molar-refractivity contribution in [2.75, 3.05) is 26.3 Å². The number of halogens is 1. The number of rotatable bonds is 6. The molecule has 3 heterocycles. The van der Waals surface area contributed by atoms with E-state index < -0.39 is 41.7 Å². The second-order valence-electron chi connectivity index (χ2n) is 8.53. The molecule has 0 spiro atoms. The topological polar surface area (TPSA) is 88.2 Å². The van der Waals surface area contributed by atoms with Gasteiger partial charge in [0.15, 0.2) is 0 Å². The molecule has 5 rings (SSSR count). The summed E-state index contributed by atoms with van der Waals surface area (Å²) in [6.45, 7) is 2.66. The molecule has 0 aliphatic carbocycles. The smallest absolute Gasteiger partial charge is 0.255 e. The van der Waals surface area contributed by atoms with Gasteiger partial charge in [-0.25, -0.2) is 4.39 Å². The summed E-state index contributed by atoms with van der Waals surface area (Å²) < 4.78 is 51.3. The molecule has 1 unspecified atom stereocenters. The Labute approximate surface area is 200 Å². The Morgan fingerprint density at radius 1 is 1.18 bits per heavy atom. The molecule has 8 nitrogen and oxygen atoms in total. The van der Waals surface area contributed by atoms with Crippen molar-refractivity contribution in [3.05, 3.63) is 64.4 Å². The second-order valence-corrected chi connectivity index (χ2v) is 8.53. The first kappa shape index (κ1) is 19.1. The van der Waals surface area contributed by atoms with Crippen LogP contribution < -0.4 is 10.1 Å². The number of fused-ring (bicyclic) bond motifs is 1. The molecule has 3 aliphatic rings. The molecule has 34 heavy (non-hydrogen) atoms. The maximum atomic E-state index is 15.3. The van der Waals surface area contributed by atoms with Crippen molar-refractivity contribution < 1.29 is 32.4 Å². The number of amides is 3. The predicted octanol–water partition coefficient (Wildman–Crippen LogP) is 2.00. The SMILES string of the molecule is [2H]c1c([2H])c(OCc2cccc(CN3CCOCC3)c2F)c2c(c1[2H])C(=O)N(C1CCC(=O)NC1=O)C2. The lowest BCUT2D eigenvalue weighted by Crippen LogP contribution is -2.52. The number of carbonyl (C=O) groups excluding carboxylic acids is 3. The van der Waals surface area contributed by atoms with Crippen molar-refractivity contribution in [2.24, 2.45) is 0 Å². The normalized spacial score (nSPS) is 22.1. The van der Waals surface area contributed by atoms with Crippen LogP contribution in [0.2, 0.25) is 0 Å². The van der Waals surface area contributed by atoms with E-state index >= 15 is 4.39 Å². The number of ether oxygens (including phenoxy) is 2. The van der Waals surface area contributed by atoms with Crippen LogP contribution in [0.1, 0.15) is 44.0 Å². The number of hydrogen-bond acceptors (Lipinski definition) is 6. The van der Waals surface area contributed by atoms with Crippen LogP contribution in [0.3, 0.4) is 0 Å². The minimum Gasteiger partial charge on any atom is -0.488 e.